The van der Waals surface area contributed by atoms with Crippen LogP contribution in [0, 0.1) is 5.82 Å². The Morgan fingerprint density at radius 2 is 1.67 bits per heavy atom. The Hall–Kier alpha value is -2.94. The van der Waals surface area contributed by atoms with Crippen LogP contribution >= 0.6 is 0 Å². The summed E-state index contributed by atoms with van der Waals surface area (Å²) in [7, 11) is -3.84. The molecule has 0 fully saturated rings. The molecule has 0 saturated carbocycles. The molecule has 0 saturated heterocycles. The number of carbonyl (C=O) groups excluding carboxylic acids is 2. The molecule has 0 aliphatic carbocycles. The molecule has 0 aliphatic heterocycles. The molecule has 2 atom stereocenters. The van der Waals surface area contributed by atoms with Crippen molar-refractivity contribution in [3.63, 3.8) is 0 Å². The van der Waals surface area contributed by atoms with Gasteiger partial charge in [0.05, 0.1) is 23.2 Å². The van der Waals surface area contributed by atoms with Gasteiger partial charge >= 0.3 is 0 Å². The number of sulfonamides is 1. The molecule has 2 N–H and O–H groups in total. The standard InChI is InChI=1S/C21H26FN3O4S/c1-5-14(2)23-21(27)18-8-6-7-9-19(18)24-20(26)15(3)25(30(4,28)29)17-12-10-16(22)11-13-17/h6-15H,5H2,1-4H3,(H,23,27)(H,24,26)/t14-,15+/m0/s1. The zero-order valence-corrected chi connectivity index (χ0v) is 18.2. The molecular weight excluding hydrogens is 409 g/mol. The van der Waals surface area contributed by atoms with Gasteiger partial charge < -0.3 is 10.6 Å². The number of nitrogens with one attached hydrogen (secondary N) is 2. The molecule has 2 aromatic rings. The van der Waals surface area contributed by atoms with Crippen molar-refractivity contribution in [2.45, 2.75) is 39.3 Å². The highest BCUT2D eigenvalue weighted by Gasteiger charge is 2.30. The van der Waals surface area contributed by atoms with Gasteiger partial charge in [-0.3, -0.25) is 13.9 Å². The Bertz CT molecular complexity index is 1010. The van der Waals surface area contributed by atoms with Crippen LogP contribution in [-0.2, 0) is 14.8 Å². The van der Waals surface area contributed by atoms with Crippen LogP contribution in [0.3, 0.4) is 0 Å². The van der Waals surface area contributed by atoms with Crippen molar-refractivity contribution in [1.29, 1.82) is 0 Å². The van der Waals surface area contributed by atoms with E-state index in [2.05, 4.69) is 10.6 Å². The fraction of sp³-hybridized carbons (Fsp3) is 0.333. The van der Waals surface area contributed by atoms with E-state index in [4.69, 9.17) is 0 Å². The number of anilines is 2. The SMILES string of the molecule is CC[C@H](C)NC(=O)c1ccccc1NC(=O)[C@@H](C)N(c1ccc(F)cc1)S(C)(=O)=O. The molecule has 2 amide bonds. The van der Waals surface area contributed by atoms with Crippen molar-refractivity contribution in [3.05, 3.63) is 59.9 Å². The number of rotatable bonds is 8. The summed E-state index contributed by atoms with van der Waals surface area (Å²) < 4.78 is 38.8. The second kappa shape index (κ2) is 9.71. The largest absolute Gasteiger partial charge is 0.350 e. The van der Waals surface area contributed by atoms with E-state index in [1.807, 2.05) is 13.8 Å². The highest BCUT2D eigenvalue weighted by Crippen LogP contribution is 2.23. The average Bonchev–Trinajstić information content (AvgIpc) is 2.68. The number of halogens is 1. The number of hydrogen-bond donors (Lipinski definition) is 2. The first kappa shape index (κ1) is 23.3. The molecule has 0 heterocycles. The predicted molar refractivity (Wildman–Crippen MR) is 115 cm³/mol. The monoisotopic (exact) mass is 435 g/mol. The molecule has 0 unspecified atom stereocenters. The topological polar surface area (TPSA) is 95.6 Å². The maximum Gasteiger partial charge on any atom is 0.253 e. The Balaban J connectivity index is 2.30. The van der Waals surface area contributed by atoms with Gasteiger partial charge in [0.1, 0.15) is 11.9 Å². The minimum absolute atomic E-state index is 0.0422. The summed E-state index contributed by atoms with van der Waals surface area (Å²) in [5, 5.41) is 5.47. The Kier molecular flexibility index (Phi) is 7.55. The smallest absolute Gasteiger partial charge is 0.253 e. The molecule has 0 radical (unpaired) electrons. The van der Waals surface area contributed by atoms with Crippen molar-refractivity contribution in [3.8, 4) is 0 Å². The van der Waals surface area contributed by atoms with Gasteiger partial charge in [-0.15, -0.1) is 0 Å². The van der Waals surface area contributed by atoms with Crippen molar-refractivity contribution < 1.29 is 22.4 Å². The van der Waals surface area contributed by atoms with Crippen LogP contribution < -0.4 is 14.9 Å². The van der Waals surface area contributed by atoms with Gasteiger partial charge in [-0.05, 0) is 56.7 Å². The molecule has 2 aromatic carbocycles. The summed E-state index contributed by atoms with van der Waals surface area (Å²) in [6, 6.07) is 10.1. The quantitative estimate of drug-likeness (QED) is 0.666. The number of nitrogens with zero attached hydrogens (tertiary/aromatic N) is 1. The van der Waals surface area contributed by atoms with E-state index in [1.165, 1.54) is 19.1 Å². The summed E-state index contributed by atoms with van der Waals surface area (Å²) in [5.74, 6) is -1.49. The molecule has 7 nitrogen and oxygen atoms in total. The molecule has 0 bridgehead atoms. The first-order chi connectivity index (χ1) is 14.0. The van der Waals surface area contributed by atoms with Gasteiger partial charge in [0.15, 0.2) is 0 Å². The van der Waals surface area contributed by atoms with Crippen molar-refractivity contribution in [2.75, 3.05) is 15.9 Å². The van der Waals surface area contributed by atoms with Gasteiger partial charge in [0.2, 0.25) is 15.9 Å². The second-order valence-corrected chi connectivity index (χ2v) is 8.89. The van der Waals surface area contributed by atoms with E-state index in [9.17, 15) is 22.4 Å². The highest BCUT2D eigenvalue weighted by molar-refractivity contribution is 7.92. The lowest BCUT2D eigenvalue weighted by Crippen LogP contribution is -2.45. The van der Waals surface area contributed by atoms with Gasteiger partial charge in [-0.25, -0.2) is 12.8 Å². The first-order valence-electron chi connectivity index (χ1n) is 9.50. The van der Waals surface area contributed by atoms with E-state index in [0.29, 0.717) is 0 Å². The number of hydrogen-bond acceptors (Lipinski definition) is 4. The average molecular weight is 436 g/mol. The maximum atomic E-state index is 13.2. The van der Waals surface area contributed by atoms with Crippen LogP contribution in [-0.4, -0.2) is 38.6 Å². The molecular formula is C21H26FN3O4S. The summed E-state index contributed by atoms with van der Waals surface area (Å²) in [4.78, 5) is 25.4. The summed E-state index contributed by atoms with van der Waals surface area (Å²) >= 11 is 0. The van der Waals surface area contributed by atoms with E-state index in [1.54, 1.807) is 24.3 Å². The zero-order chi connectivity index (χ0) is 22.5. The normalized spacial score (nSPS) is 13.2. The van der Waals surface area contributed by atoms with E-state index < -0.39 is 27.8 Å². The van der Waals surface area contributed by atoms with E-state index in [0.717, 1.165) is 29.1 Å². The van der Waals surface area contributed by atoms with E-state index in [-0.39, 0.29) is 28.9 Å². The maximum absolute atomic E-state index is 13.2. The van der Waals surface area contributed by atoms with Gasteiger partial charge in [-0.2, -0.15) is 0 Å². The molecule has 0 aliphatic rings. The first-order valence-corrected chi connectivity index (χ1v) is 11.3. The molecule has 162 valence electrons. The van der Waals surface area contributed by atoms with Crippen molar-refractivity contribution >= 4 is 33.2 Å². The van der Waals surface area contributed by atoms with Gasteiger partial charge in [0.25, 0.3) is 5.91 Å². The summed E-state index contributed by atoms with van der Waals surface area (Å²) in [6.07, 6.45) is 1.71. The van der Waals surface area contributed by atoms with Gasteiger partial charge in [0, 0.05) is 6.04 Å². The van der Waals surface area contributed by atoms with Crippen LogP contribution in [0.15, 0.2) is 48.5 Å². The van der Waals surface area contributed by atoms with Gasteiger partial charge in [-0.1, -0.05) is 19.1 Å². The third kappa shape index (κ3) is 5.79. The fourth-order valence-corrected chi connectivity index (χ4v) is 4.00. The van der Waals surface area contributed by atoms with E-state index >= 15 is 0 Å². The summed E-state index contributed by atoms with van der Waals surface area (Å²) in [5.41, 5.74) is 0.693. The summed E-state index contributed by atoms with van der Waals surface area (Å²) in [6.45, 7) is 5.23. The molecule has 0 aromatic heterocycles. The van der Waals surface area contributed by atoms with Crippen LogP contribution in [0.25, 0.3) is 0 Å². The molecule has 2 rings (SSSR count). The fourth-order valence-electron chi connectivity index (χ4n) is 2.83. The van der Waals surface area contributed by atoms with Crippen LogP contribution in [0.1, 0.15) is 37.6 Å². The Morgan fingerprint density at radius 1 is 1.07 bits per heavy atom. The third-order valence-electron chi connectivity index (χ3n) is 4.59. The third-order valence-corrected chi connectivity index (χ3v) is 5.83. The predicted octanol–water partition coefficient (Wildman–Crippen LogP) is 3.15. The Labute approximate surface area is 176 Å². The van der Waals surface area contributed by atoms with Crippen molar-refractivity contribution in [1.82, 2.24) is 5.32 Å². The number of para-hydroxylation sites is 1. The minimum Gasteiger partial charge on any atom is -0.350 e. The number of carbonyl (C=O) groups is 2. The minimum atomic E-state index is -3.84. The van der Waals surface area contributed by atoms with Crippen LogP contribution in [0.5, 0.6) is 0 Å². The molecule has 30 heavy (non-hydrogen) atoms. The highest BCUT2D eigenvalue weighted by atomic mass is 32.2. The zero-order valence-electron chi connectivity index (χ0n) is 17.3. The van der Waals surface area contributed by atoms with Crippen molar-refractivity contribution in [2.24, 2.45) is 0 Å². The lowest BCUT2D eigenvalue weighted by molar-refractivity contribution is -0.116. The van der Waals surface area contributed by atoms with Crippen LogP contribution in [0.2, 0.25) is 0 Å². The lowest BCUT2D eigenvalue weighted by atomic mass is 10.1. The molecule has 0 spiro atoms. The van der Waals surface area contributed by atoms with Crippen LogP contribution in [0.4, 0.5) is 15.8 Å². The second-order valence-electron chi connectivity index (χ2n) is 7.03. The number of benzene rings is 2. The molecule has 9 heteroatoms. The lowest BCUT2D eigenvalue weighted by Gasteiger charge is -2.28. The Morgan fingerprint density at radius 3 is 2.23 bits per heavy atom. The number of amides is 2.